The van der Waals surface area contributed by atoms with E-state index in [1.807, 2.05) is 20.8 Å². The first-order valence-corrected chi connectivity index (χ1v) is 6.69. The molecule has 1 aromatic rings. The third kappa shape index (κ3) is 3.93. The molecule has 0 fully saturated rings. The molecule has 0 radical (unpaired) electrons. The molecular weight excluding hydrogens is 254 g/mol. The largest absolute Gasteiger partial charge is 0.335 e. The Morgan fingerprint density at radius 2 is 2.25 bits per heavy atom. The van der Waals surface area contributed by atoms with Gasteiger partial charge in [0.2, 0.25) is 0 Å². The molecular formula is C14H21N5O. The first kappa shape index (κ1) is 15.9. The van der Waals surface area contributed by atoms with Crippen LogP contribution in [0.3, 0.4) is 0 Å². The van der Waals surface area contributed by atoms with E-state index in [0.717, 1.165) is 12.1 Å². The van der Waals surface area contributed by atoms with Crippen molar-refractivity contribution in [1.29, 1.82) is 5.26 Å². The molecule has 0 aliphatic carbocycles. The molecule has 1 rings (SSSR count). The number of amides is 1. The molecule has 0 saturated heterocycles. The number of hydrazine groups is 1. The Balaban J connectivity index is 3.07. The monoisotopic (exact) mass is 275 g/mol. The van der Waals surface area contributed by atoms with Gasteiger partial charge in [-0.05, 0) is 32.4 Å². The molecule has 0 saturated carbocycles. The molecule has 1 heterocycles. The lowest BCUT2D eigenvalue weighted by molar-refractivity contribution is 0.0710. The molecule has 0 bridgehead atoms. The number of rotatable bonds is 6. The van der Waals surface area contributed by atoms with E-state index in [1.54, 1.807) is 17.0 Å². The zero-order chi connectivity index (χ0) is 15.1. The SMILES string of the molecule is CCc1cc(C(=O)N(CCC#N)C(C)C)cc(NN)n1. The molecule has 0 aliphatic heterocycles. The summed E-state index contributed by atoms with van der Waals surface area (Å²) in [6.45, 7) is 6.24. The highest BCUT2D eigenvalue weighted by Crippen LogP contribution is 2.14. The van der Waals surface area contributed by atoms with E-state index in [2.05, 4.69) is 16.5 Å². The van der Waals surface area contributed by atoms with Crippen LogP contribution in [-0.4, -0.2) is 28.4 Å². The molecule has 0 atom stereocenters. The molecule has 0 aliphatic rings. The number of nitrogens with two attached hydrogens (primary N) is 1. The fraction of sp³-hybridized carbons (Fsp3) is 0.500. The Labute approximate surface area is 119 Å². The van der Waals surface area contributed by atoms with Gasteiger partial charge in [0.25, 0.3) is 5.91 Å². The van der Waals surface area contributed by atoms with Gasteiger partial charge in [-0.1, -0.05) is 6.92 Å². The number of carbonyl (C=O) groups excluding carboxylic acids is 1. The van der Waals surface area contributed by atoms with Crippen molar-refractivity contribution in [3.05, 3.63) is 23.4 Å². The Bertz CT molecular complexity index is 485. The Morgan fingerprint density at radius 3 is 2.75 bits per heavy atom. The van der Waals surface area contributed by atoms with Gasteiger partial charge in [0.15, 0.2) is 0 Å². The summed E-state index contributed by atoms with van der Waals surface area (Å²) in [5.74, 6) is 5.74. The Hall–Kier alpha value is -2.13. The van der Waals surface area contributed by atoms with Crippen LogP contribution in [0.4, 0.5) is 5.82 Å². The van der Waals surface area contributed by atoms with E-state index in [1.165, 1.54) is 0 Å². The van der Waals surface area contributed by atoms with E-state index < -0.39 is 0 Å². The van der Waals surface area contributed by atoms with Gasteiger partial charge >= 0.3 is 0 Å². The van der Waals surface area contributed by atoms with E-state index in [-0.39, 0.29) is 11.9 Å². The van der Waals surface area contributed by atoms with Crippen LogP contribution < -0.4 is 11.3 Å². The van der Waals surface area contributed by atoms with Gasteiger partial charge in [0.1, 0.15) is 5.82 Å². The summed E-state index contributed by atoms with van der Waals surface area (Å²) in [6, 6.07) is 5.49. The number of aromatic nitrogens is 1. The van der Waals surface area contributed by atoms with Crippen molar-refractivity contribution in [3.8, 4) is 6.07 Å². The molecule has 108 valence electrons. The number of anilines is 1. The third-order valence-electron chi connectivity index (χ3n) is 2.98. The quantitative estimate of drug-likeness (QED) is 0.608. The Kier molecular flexibility index (Phi) is 5.94. The summed E-state index contributed by atoms with van der Waals surface area (Å²) in [5, 5.41) is 8.69. The van der Waals surface area contributed by atoms with E-state index in [4.69, 9.17) is 11.1 Å². The zero-order valence-corrected chi connectivity index (χ0v) is 12.2. The molecule has 3 N–H and O–H groups in total. The molecule has 6 nitrogen and oxygen atoms in total. The summed E-state index contributed by atoms with van der Waals surface area (Å²) in [4.78, 5) is 18.5. The number of aryl methyl sites for hydroxylation is 1. The highest BCUT2D eigenvalue weighted by atomic mass is 16.2. The van der Waals surface area contributed by atoms with Crippen LogP contribution in [-0.2, 0) is 6.42 Å². The normalized spacial score (nSPS) is 10.2. The van der Waals surface area contributed by atoms with Crippen molar-refractivity contribution < 1.29 is 4.79 Å². The summed E-state index contributed by atoms with van der Waals surface area (Å²) < 4.78 is 0. The van der Waals surface area contributed by atoms with Crippen molar-refractivity contribution in [2.24, 2.45) is 5.84 Å². The fourth-order valence-electron chi connectivity index (χ4n) is 1.90. The predicted molar refractivity (Wildman–Crippen MR) is 77.8 cm³/mol. The smallest absolute Gasteiger partial charge is 0.254 e. The lowest BCUT2D eigenvalue weighted by atomic mass is 10.1. The van der Waals surface area contributed by atoms with Gasteiger partial charge in [-0.3, -0.25) is 4.79 Å². The van der Waals surface area contributed by atoms with E-state index >= 15 is 0 Å². The second kappa shape index (κ2) is 7.46. The standard InChI is InChI=1S/C14H21N5O/c1-4-12-8-11(9-13(17-12)18-16)14(20)19(10(2)3)7-5-6-15/h8-10H,4-5,7,16H2,1-3H3,(H,17,18). The van der Waals surface area contributed by atoms with Crippen molar-refractivity contribution in [3.63, 3.8) is 0 Å². The summed E-state index contributed by atoms with van der Waals surface area (Å²) in [6.07, 6.45) is 1.04. The number of hydrogen-bond acceptors (Lipinski definition) is 5. The van der Waals surface area contributed by atoms with Gasteiger partial charge in [0.05, 0.1) is 12.5 Å². The number of hydrogen-bond donors (Lipinski definition) is 2. The summed E-state index contributed by atoms with van der Waals surface area (Å²) >= 11 is 0. The summed E-state index contributed by atoms with van der Waals surface area (Å²) in [5.41, 5.74) is 3.81. The van der Waals surface area contributed by atoms with Gasteiger partial charge in [-0.2, -0.15) is 5.26 Å². The minimum Gasteiger partial charge on any atom is -0.335 e. The van der Waals surface area contributed by atoms with Gasteiger partial charge < -0.3 is 10.3 Å². The number of nitriles is 1. The molecule has 20 heavy (non-hydrogen) atoms. The third-order valence-corrected chi connectivity index (χ3v) is 2.98. The molecule has 0 spiro atoms. The number of nitrogens with one attached hydrogen (secondary N) is 1. The summed E-state index contributed by atoms with van der Waals surface area (Å²) in [7, 11) is 0. The highest BCUT2D eigenvalue weighted by Gasteiger charge is 2.19. The van der Waals surface area contributed by atoms with Crippen LogP contribution in [0.25, 0.3) is 0 Å². The van der Waals surface area contributed by atoms with Gasteiger partial charge in [0, 0.05) is 23.8 Å². The Morgan fingerprint density at radius 1 is 1.55 bits per heavy atom. The minimum atomic E-state index is -0.108. The van der Waals surface area contributed by atoms with Crippen molar-refractivity contribution in [2.45, 2.75) is 39.7 Å². The molecule has 0 aromatic carbocycles. The van der Waals surface area contributed by atoms with E-state index in [9.17, 15) is 4.79 Å². The molecule has 1 amide bonds. The maximum atomic E-state index is 12.5. The first-order chi connectivity index (χ1) is 9.53. The maximum Gasteiger partial charge on any atom is 0.254 e. The van der Waals surface area contributed by atoms with Crippen molar-refractivity contribution >= 4 is 11.7 Å². The number of nitrogens with zero attached hydrogens (tertiary/aromatic N) is 3. The van der Waals surface area contributed by atoms with Crippen LogP contribution >= 0.6 is 0 Å². The number of nitrogen functional groups attached to an aromatic ring is 1. The van der Waals surface area contributed by atoms with Crippen molar-refractivity contribution in [2.75, 3.05) is 12.0 Å². The molecule has 6 heteroatoms. The van der Waals surface area contributed by atoms with Crippen LogP contribution in [0.5, 0.6) is 0 Å². The van der Waals surface area contributed by atoms with Crippen LogP contribution in [0.1, 0.15) is 43.2 Å². The number of pyridine rings is 1. The topological polar surface area (TPSA) is 95.0 Å². The maximum absolute atomic E-state index is 12.5. The highest BCUT2D eigenvalue weighted by molar-refractivity contribution is 5.95. The van der Waals surface area contributed by atoms with Crippen LogP contribution in [0.2, 0.25) is 0 Å². The van der Waals surface area contributed by atoms with Crippen LogP contribution in [0, 0.1) is 11.3 Å². The first-order valence-electron chi connectivity index (χ1n) is 6.69. The predicted octanol–water partition coefficient (Wildman–Crippen LogP) is 1.69. The lowest BCUT2D eigenvalue weighted by Crippen LogP contribution is -2.37. The average Bonchev–Trinajstić information content (AvgIpc) is 2.46. The average molecular weight is 275 g/mol. The van der Waals surface area contributed by atoms with E-state index in [0.29, 0.717) is 24.3 Å². The molecule has 0 unspecified atom stereocenters. The number of carbonyl (C=O) groups is 1. The lowest BCUT2D eigenvalue weighted by Gasteiger charge is -2.26. The second-order valence-electron chi connectivity index (χ2n) is 4.73. The molecule has 1 aromatic heterocycles. The fourth-order valence-corrected chi connectivity index (χ4v) is 1.90. The van der Waals surface area contributed by atoms with Crippen molar-refractivity contribution in [1.82, 2.24) is 9.88 Å². The van der Waals surface area contributed by atoms with Gasteiger partial charge in [-0.15, -0.1) is 0 Å². The van der Waals surface area contributed by atoms with Gasteiger partial charge in [-0.25, -0.2) is 10.8 Å². The zero-order valence-electron chi connectivity index (χ0n) is 12.2. The minimum absolute atomic E-state index is 0.0309. The van der Waals surface area contributed by atoms with Crippen LogP contribution in [0.15, 0.2) is 12.1 Å². The second-order valence-corrected chi connectivity index (χ2v) is 4.73.